The highest BCUT2D eigenvalue weighted by atomic mass is 19.1. The average molecular weight is 248 g/mol. The highest BCUT2D eigenvalue weighted by Gasteiger charge is 2.07. The Bertz CT molecular complexity index is 578. The highest BCUT2D eigenvalue weighted by molar-refractivity contribution is 5.71. The van der Waals surface area contributed by atoms with Gasteiger partial charge in [-0.2, -0.15) is 5.10 Å². The fourth-order valence-corrected chi connectivity index (χ4v) is 1.59. The highest BCUT2D eigenvalue weighted by Crippen LogP contribution is 2.13. The van der Waals surface area contributed by atoms with Gasteiger partial charge in [0.25, 0.3) is 0 Å². The van der Waals surface area contributed by atoms with Crippen LogP contribution < -0.4 is 0 Å². The molecule has 4 nitrogen and oxygen atoms in total. The fraction of sp³-hybridized carbons (Fsp3) is 0.231. The van der Waals surface area contributed by atoms with Crippen LogP contribution in [-0.4, -0.2) is 22.9 Å². The van der Waals surface area contributed by atoms with Crippen molar-refractivity contribution >= 4 is 5.97 Å². The standard InChI is InChI=1S/C13H13FN2O2/c1-9-7-11(3-4-12(9)14)16-6-5-10(15-16)8-13(17)18-2/h3-7H,8H2,1-2H3. The van der Waals surface area contributed by atoms with Gasteiger partial charge in [-0.3, -0.25) is 4.79 Å². The van der Waals surface area contributed by atoms with Crippen molar-refractivity contribution in [2.45, 2.75) is 13.3 Å². The van der Waals surface area contributed by atoms with E-state index in [0.717, 1.165) is 5.69 Å². The Balaban J connectivity index is 2.23. The second-order valence-corrected chi connectivity index (χ2v) is 3.94. The molecule has 0 amide bonds. The largest absolute Gasteiger partial charge is 0.469 e. The monoisotopic (exact) mass is 248 g/mol. The van der Waals surface area contributed by atoms with E-state index in [0.29, 0.717) is 11.3 Å². The van der Waals surface area contributed by atoms with Crippen LogP contribution in [0.25, 0.3) is 5.69 Å². The minimum Gasteiger partial charge on any atom is -0.469 e. The molecule has 0 saturated heterocycles. The lowest BCUT2D eigenvalue weighted by Crippen LogP contribution is -2.06. The van der Waals surface area contributed by atoms with E-state index < -0.39 is 0 Å². The van der Waals surface area contributed by atoms with Crippen molar-refractivity contribution in [3.8, 4) is 5.69 Å². The number of nitrogens with zero attached hydrogens (tertiary/aromatic N) is 2. The zero-order valence-corrected chi connectivity index (χ0v) is 10.2. The first kappa shape index (κ1) is 12.3. The Morgan fingerprint density at radius 2 is 2.22 bits per heavy atom. The van der Waals surface area contributed by atoms with Crippen molar-refractivity contribution in [3.05, 3.63) is 47.5 Å². The van der Waals surface area contributed by atoms with E-state index in [9.17, 15) is 9.18 Å². The topological polar surface area (TPSA) is 44.1 Å². The van der Waals surface area contributed by atoms with Crippen molar-refractivity contribution in [1.82, 2.24) is 9.78 Å². The molecule has 0 bridgehead atoms. The number of hydrogen-bond acceptors (Lipinski definition) is 3. The van der Waals surface area contributed by atoms with E-state index in [1.165, 1.54) is 13.2 Å². The minimum atomic E-state index is -0.337. The van der Waals surface area contributed by atoms with Crippen LogP contribution in [0.1, 0.15) is 11.3 Å². The third-order valence-electron chi connectivity index (χ3n) is 2.60. The number of carbonyl (C=O) groups is 1. The summed E-state index contributed by atoms with van der Waals surface area (Å²) in [6, 6.07) is 6.46. The molecule has 2 rings (SSSR count). The van der Waals surface area contributed by atoms with Crippen LogP contribution >= 0.6 is 0 Å². The minimum absolute atomic E-state index is 0.129. The smallest absolute Gasteiger partial charge is 0.311 e. The quantitative estimate of drug-likeness (QED) is 0.781. The van der Waals surface area contributed by atoms with Crippen LogP contribution in [0, 0.1) is 12.7 Å². The van der Waals surface area contributed by atoms with E-state index in [4.69, 9.17) is 0 Å². The lowest BCUT2D eigenvalue weighted by atomic mass is 10.2. The number of benzene rings is 1. The van der Waals surface area contributed by atoms with Gasteiger partial charge in [0.2, 0.25) is 0 Å². The van der Waals surface area contributed by atoms with Gasteiger partial charge in [-0.05, 0) is 36.8 Å². The number of carbonyl (C=O) groups excluding carboxylic acids is 1. The van der Waals surface area contributed by atoms with Crippen LogP contribution in [0.3, 0.4) is 0 Å². The number of methoxy groups -OCH3 is 1. The third-order valence-corrected chi connectivity index (χ3v) is 2.60. The normalized spacial score (nSPS) is 10.4. The summed E-state index contributed by atoms with van der Waals surface area (Å²) in [5.74, 6) is -0.587. The summed E-state index contributed by atoms with van der Waals surface area (Å²) in [6.07, 6.45) is 1.86. The van der Waals surface area contributed by atoms with Crippen LogP contribution in [0.2, 0.25) is 0 Å². The first-order valence-corrected chi connectivity index (χ1v) is 5.48. The molecule has 1 aromatic carbocycles. The molecule has 5 heteroatoms. The maximum Gasteiger partial charge on any atom is 0.311 e. The maximum absolute atomic E-state index is 13.1. The summed E-state index contributed by atoms with van der Waals surface area (Å²) in [5.41, 5.74) is 1.92. The molecule has 0 atom stereocenters. The van der Waals surface area contributed by atoms with Gasteiger partial charge in [0.15, 0.2) is 0 Å². The van der Waals surface area contributed by atoms with Crippen molar-refractivity contribution in [3.63, 3.8) is 0 Å². The van der Waals surface area contributed by atoms with Gasteiger partial charge in [0.05, 0.1) is 24.9 Å². The Morgan fingerprint density at radius 3 is 2.89 bits per heavy atom. The number of esters is 1. The van der Waals surface area contributed by atoms with Crippen LogP contribution in [-0.2, 0) is 16.0 Å². The van der Waals surface area contributed by atoms with Gasteiger partial charge in [-0.25, -0.2) is 9.07 Å². The summed E-state index contributed by atoms with van der Waals surface area (Å²) in [4.78, 5) is 11.1. The molecule has 0 spiro atoms. The number of ether oxygens (including phenoxy) is 1. The fourth-order valence-electron chi connectivity index (χ4n) is 1.59. The predicted molar refractivity (Wildman–Crippen MR) is 64.0 cm³/mol. The molecular weight excluding hydrogens is 235 g/mol. The molecule has 0 saturated carbocycles. The van der Waals surface area contributed by atoms with Crippen LogP contribution in [0.5, 0.6) is 0 Å². The van der Waals surface area contributed by atoms with Gasteiger partial charge in [-0.15, -0.1) is 0 Å². The molecule has 0 N–H and O–H groups in total. The van der Waals surface area contributed by atoms with Crippen molar-refractivity contribution in [1.29, 1.82) is 0 Å². The number of rotatable bonds is 3. The van der Waals surface area contributed by atoms with Gasteiger partial charge in [0, 0.05) is 6.20 Å². The Morgan fingerprint density at radius 1 is 1.44 bits per heavy atom. The molecule has 18 heavy (non-hydrogen) atoms. The van der Waals surface area contributed by atoms with Gasteiger partial charge in [0.1, 0.15) is 5.82 Å². The van der Waals surface area contributed by atoms with Crippen molar-refractivity contribution < 1.29 is 13.9 Å². The first-order valence-electron chi connectivity index (χ1n) is 5.48. The first-order chi connectivity index (χ1) is 8.60. The SMILES string of the molecule is COC(=O)Cc1ccn(-c2ccc(F)c(C)c2)n1. The van der Waals surface area contributed by atoms with Gasteiger partial charge in [-0.1, -0.05) is 0 Å². The molecule has 0 aliphatic heterocycles. The number of aryl methyl sites for hydroxylation is 1. The molecule has 1 heterocycles. The average Bonchev–Trinajstić information content (AvgIpc) is 2.81. The Hall–Kier alpha value is -2.17. The lowest BCUT2D eigenvalue weighted by Gasteiger charge is -2.03. The molecule has 0 fully saturated rings. The van der Waals surface area contributed by atoms with E-state index in [1.807, 2.05) is 0 Å². The second-order valence-electron chi connectivity index (χ2n) is 3.94. The number of aromatic nitrogens is 2. The molecule has 0 unspecified atom stereocenters. The molecule has 0 radical (unpaired) electrons. The van der Waals surface area contributed by atoms with E-state index in [-0.39, 0.29) is 18.2 Å². The predicted octanol–water partition coefficient (Wildman–Crippen LogP) is 2.04. The Labute approximate surface area is 104 Å². The zero-order valence-electron chi connectivity index (χ0n) is 10.2. The van der Waals surface area contributed by atoms with Crippen LogP contribution in [0.15, 0.2) is 30.5 Å². The van der Waals surface area contributed by atoms with Crippen molar-refractivity contribution in [2.24, 2.45) is 0 Å². The molecule has 2 aromatic rings. The summed E-state index contributed by atoms with van der Waals surface area (Å²) >= 11 is 0. The van der Waals surface area contributed by atoms with Crippen molar-refractivity contribution in [2.75, 3.05) is 7.11 Å². The van der Waals surface area contributed by atoms with E-state index in [1.54, 1.807) is 36.0 Å². The molecule has 1 aromatic heterocycles. The second kappa shape index (κ2) is 5.00. The third kappa shape index (κ3) is 2.56. The summed E-state index contributed by atoms with van der Waals surface area (Å²) in [6.45, 7) is 1.69. The summed E-state index contributed by atoms with van der Waals surface area (Å²) in [5, 5.41) is 4.23. The molecule has 0 aliphatic carbocycles. The van der Waals surface area contributed by atoms with Crippen LogP contribution in [0.4, 0.5) is 4.39 Å². The van der Waals surface area contributed by atoms with E-state index in [2.05, 4.69) is 9.84 Å². The zero-order chi connectivity index (χ0) is 13.1. The molecule has 0 aliphatic rings. The van der Waals surface area contributed by atoms with E-state index >= 15 is 0 Å². The summed E-state index contributed by atoms with van der Waals surface area (Å²) in [7, 11) is 1.34. The Kier molecular flexibility index (Phi) is 3.41. The summed E-state index contributed by atoms with van der Waals surface area (Å²) < 4.78 is 19.3. The number of hydrogen-bond donors (Lipinski definition) is 0. The maximum atomic E-state index is 13.1. The lowest BCUT2D eigenvalue weighted by molar-refractivity contribution is -0.139. The van der Waals surface area contributed by atoms with Gasteiger partial charge < -0.3 is 4.74 Å². The molecule has 94 valence electrons. The number of halogens is 1. The van der Waals surface area contributed by atoms with Gasteiger partial charge >= 0.3 is 5.97 Å². The molecular formula is C13H13FN2O2.